The molecule has 0 amide bonds. The lowest BCUT2D eigenvalue weighted by molar-refractivity contribution is -0.275. The topological polar surface area (TPSA) is 119 Å². The fourth-order valence-corrected chi connectivity index (χ4v) is 4.23. The molecule has 11 nitrogen and oxygen atoms in total. The van der Waals surface area contributed by atoms with E-state index in [2.05, 4.69) is 45.0 Å². The molecule has 0 N–H and O–H groups in total. The minimum Gasteiger partial charge on any atom is -0.406 e. The quantitative estimate of drug-likeness (QED) is 0.148. The highest BCUT2D eigenvalue weighted by molar-refractivity contribution is 5.78. The molecule has 0 aliphatic carbocycles. The van der Waals surface area contributed by atoms with E-state index in [-0.39, 0.29) is 33.7 Å². The van der Waals surface area contributed by atoms with Gasteiger partial charge in [0.1, 0.15) is 30.1 Å². The lowest BCUT2D eigenvalue weighted by atomic mass is 10.1. The van der Waals surface area contributed by atoms with Gasteiger partial charge in [0.25, 0.3) is 5.92 Å². The van der Waals surface area contributed by atoms with E-state index in [1.165, 1.54) is 42.7 Å². The Bertz CT molecular complexity index is 1920. The van der Waals surface area contributed by atoms with E-state index < -0.39 is 49.4 Å². The highest BCUT2D eigenvalue weighted by Crippen LogP contribution is 2.29. The van der Waals surface area contributed by atoms with E-state index in [0.717, 1.165) is 35.9 Å². The van der Waals surface area contributed by atoms with Gasteiger partial charge in [0.05, 0.1) is 23.6 Å². The van der Waals surface area contributed by atoms with Gasteiger partial charge in [-0.05, 0) is 54.6 Å². The van der Waals surface area contributed by atoms with Gasteiger partial charge in [-0.3, -0.25) is 4.98 Å². The van der Waals surface area contributed by atoms with Crippen LogP contribution in [0.4, 0.5) is 48.3 Å². The van der Waals surface area contributed by atoms with Crippen molar-refractivity contribution in [2.24, 2.45) is 0 Å². The van der Waals surface area contributed by atoms with Crippen molar-refractivity contribution in [3.05, 3.63) is 67.0 Å². The summed E-state index contributed by atoms with van der Waals surface area (Å²) in [6.45, 7) is 2.71. The second kappa shape index (κ2) is 15.3. The van der Waals surface area contributed by atoms with Crippen molar-refractivity contribution < 1.29 is 57.8 Å². The molecule has 0 fully saturated rings. The third-order valence-electron chi connectivity index (χ3n) is 6.14. The molecule has 278 valence electrons. The van der Waals surface area contributed by atoms with Crippen molar-refractivity contribution in [2.75, 3.05) is 0 Å². The van der Waals surface area contributed by atoms with Crippen LogP contribution in [0.2, 0.25) is 0 Å². The van der Waals surface area contributed by atoms with E-state index in [4.69, 9.17) is 0 Å². The largest absolute Gasteiger partial charge is 0.573 e. The van der Waals surface area contributed by atoms with Crippen LogP contribution in [0.15, 0.2) is 67.0 Å². The summed E-state index contributed by atoms with van der Waals surface area (Å²) < 4.78 is 146. The van der Waals surface area contributed by atoms with Crippen LogP contribution in [-0.2, 0) is 13.1 Å². The van der Waals surface area contributed by atoms with Crippen LogP contribution in [-0.4, -0.2) is 69.8 Å². The molecule has 0 bridgehead atoms. The summed E-state index contributed by atoms with van der Waals surface area (Å²) in [6, 6.07) is 11.0. The second-order valence-electron chi connectivity index (χ2n) is 10.3. The van der Waals surface area contributed by atoms with Gasteiger partial charge < -0.3 is 9.47 Å². The zero-order valence-corrected chi connectivity index (χ0v) is 26.8. The fourth-order valence-electron chi connectivity index (χ4n) is 4.23. The normalized spacial score (nSPS) is 12.2. The number of ether oxygens (including phenoxy) is 2. The van der Waals surface area contributed by atoms with Gasteiger partial charge in [0, 0.05) is 18.1 Å². The summed E-state index contributed by atoms with van der Waals surface area (Å²) in [5, 5.41) is 14.3. The molecular weight excluding hydrogens is 727 g/mol. The zero-order chi connectivity index (χ0) is 38.5. The first-order valence-corrected chi connectivity index (χ1v) is 14.6. The molecule has 6 aromatic rings. The molecule has 4 heterocycles. The zero-order valence-electron chi connectivity index (χ0n) is 26.8. The Morgan fingerprint density at radius 3 is 1.63 bits per heavy atom. The number of hydrogen-bond acceptors (Lipinski definition) is 9. The van der Waals surface area contributed by atoms with E-state index >= 15 is 0 Å². The number of alkyl halides is 11. The maximum Gasteiger partial charge on any atom is 0.573 e. The molecule has 0 aliphatic rings. The monoisotopic (exact) mass is 751 g/mol. The van der Waals surface area contributed by atoms with Crippen LogP contribution in [0.5, 0.6) is 11.5 Å². The predicted octanol–water partition coefficient (Wildman–Crippen LogP) is 8.42. The van der Waals surface area contributed by atoms with E-state index in [1.807, 2.05) is 13.8 Å². The highest BCUT2D eigenvalue weighted by Gasteiger charge is 2.32. The van der Waals surface area contributed by atoms with Gasteiger partial charge in [0.15, 0.2) is 17.0 Å². The SMILES string of the molecule is CC.CC(F)(F)Cn1nnc2cnc(-c3ccc(OC(F)(F)F)cc3)nc21.FC(F)(F)Cn1nnc2cnc(-c3ccc(OC(F)(F)F)cc3)cc21. The first kappa shape index (κ1) is 39.1. The van der Waals surface area contributed by atoms with Crippen molar-refractivity contribution in [1.29, 1.82) is 0 Å². The summed E-state index contributed by atoms with van der Waals surface area (Å²) in [7, 11) is 0. The Balaban J connectivity index is 0.000000222. The standard InChI is InChI=1S/C14H8F6N4O.C14H10F5N5O.C2H6/c15-13(16,17)7-24-12-5-10(21-6-11(12)22-23-24)8-1-3-9(4-2-8)25-14(18,19)20;1-13(15,16)7-24-12-10(22-23-24)6-20-11(21-12)8-2-4-9(5-3-8)25-14(17,18)19;1-2/h1-6H,7H2;2-6H,7H2,1H3;1-2H3. The average Bonchev–Trinajstić information content (AvgIpc) is 3.62. The molecule has 4 aromatic heterocycles. The van der Waals surface area contributed by atoms with Crippen molar-refractivity contribution >= 4 is 22.2 Å². The smallest absolute Gasteiger partial charge is 0.406 e. The molecule has 0 spiro atoms. The number of rotatable bonds is 7. The Morgan fingerprint density at radius 1 is 0.615 bits per heavy atom. The number of nitrogens with zero attached hydrogens (tertiary/aromatic N) is 9. The summed E-state index contributed by atoms with van der Waals surface area (Å²) in [4.78, 5) is 12.2. The Labute approximate surface area is 285 Å². The van der Waals surface area contributed by atoms with Gasteiger partial charge in [-0.2, -0.15) is 13.2 Å². The van der Waals surface area contributed by atoms with E-state index in [0.29, 0.717) is 15.8 Å². The lowest BCUT2D eigenvalue weighted by Crippen LogP contribution is -2.20. The third-order valence-corrected chi connectivity index (χ3v) is 6.14. The summed E-state index contributed by atoms with van der Waals surface area (Å²) in [5.41, 5.74) is 1.65. The first-order chi connectivity index (χ1) is 24.2. The van der Waals surface area contributed by atoms with Crippen LogP contribution in [0.25, 0.3) is 44.8 Å². The third kappa shape index (κ3) is 11.2. The number of aromatic nitrogens is 9. The number of halogens is 11. The number of fused-ring (bicyclic) bond motifs is 2. The number of pyridine rings is 1. The van der Waals surface area contributed by atoms with Gasteiger partial charge in [-0.25, -0.2) is 28.1 Å². The molecule has 6 rings (SSSR count). The van der Waals surface area contributed by atoms with E-state index in [1.54, 1.807) is 0 Å². The predicted molar refractivity (Wildman–Crippen MR) is 161 cm³/mol. The van der Waals surface area contributed by atoms with Crippen molar-refractivity contribution in [2.45, 2.75) is 58.7 Å². The minimum atomic E-state index is -4.81. The highest BCUT2D eigenvalue weighted by atomic mass is 19.4. The molecule has 0 aliphatic heterocycles. The summed E-state index contributed by atoms with van der Waals surface area (Å²) >= 11 is 0. The Hall–Kier alpha value is -5.70. The van der Waals surface area contributed by atoms with Crippen LogP contribution in [0.1, 0.15) is 20.8 Å². The Morgan fingerprint density at radius 2 is 1.12 bits per heavy atom. The van der Waals surface area contributed by atoms with Gasteiger partial charge in [0.2, 0.25) is 0 Å². The first-order valence-electron chi connectivity index (χ1n) is 14.6. The van der Waals surface area contributed by atoms with Crippen LogP contribution in [0.3, 0.4) is 0 Å². The average molecular weight is 752 g/mol. The number of hydrogen-bond donors (Lipinski definition) is 0. The van der Waals surface area contributed by atoms with Crippen LogP contribution < -0.4 is 9.47 Å². The maximum atomic E-state index is 13.2. The molecule has 2 aromatic carbocycles. The van der Waals surface area contributed by atoms with Crippen LogP contribution >= 0.6 is 0 Å². The second-order valence-corrected chi connectivity index (χ2v) is 10.3. The molecular formula is C30H24F11N9O2. The van der Waals surface area contributed by atoms with Crippen molar-refractivity contribution in [3.8, 4) is 34.1 Å². The molecule has 0 atom stereocenters. The summed E-state index contributed by atoms with van der Waals surface area (Å²) in [5.74, 6) is -3.69. The van der Waals surface area contributed by atoms with Crippen molar-refractivity contribution in [3.63, 3.8) is 0 Å². The molecule has 0 unspecified atom stereocenters. The van der Waals surface area contributed by atoms with Gasteiger partial charge >= 0.3 is 18.9 Å². The fraction of sp³-hybridized carbons (Fsp3) is 0.300. The molecule has 52 heavy (non-hydrogen) atoms. The van der Waals surface area contributed by atoms with Gasteiger partial charge in [-0.15, -0.1) is 36.5 Å². The molecule has 0 saturated carbocycles. The minimum absolute atomic E-state index is 0.0992. The maximum absolute atomic E-state index is 13.2. The van der Waals surface area contributed by atoms with E-state index in [9.17, 15) is 48.3 Å². The molecule has 22 heteroatoms. The molecule has 0 radical (unpaired) electrons. The summed E-state index contributed by atoms with van der Waals surface area (Å²) in [6.07, 6.45) is -11.5. The van der Waals surface area contributed by atoms with Crippen molar-refractivity contribution in [1.82, 2.24) is 44.9 Å². The Kier molecular flexibility index (Phi) is 11.5. The van der Waals surface area contributed by atoms with Crippen LogP contribution in [0, 0.1) is 0 Å². The van der Waals surface area contributed by atoms with Gasteiger partial charge in [-0.1, -0.05) is 24.3 Å². The number of benzene rings is 2. The molecule has 0 saturated heterocycles. The lowest BCUT2D eigenvalue weighted by Gasteiger charge is -2.10.